The summed E-state index contributed by atoms with van der Waals surface area (Å²) in [6.07, 6.45) is 6.97. The Labute approximate surface area is 165 Å². The van der Waals surface area contributed by atoms with Crippen LogP contribution in [0.15, 0.2) is 78.5 Å². The Balaban J connectivity index is 1.78. The summed E-state index contributed by atoms with van der Waals surface area (Å²) in [7, 11) is 0. The van der Waals surface area contributed by atoms with Crippen LogP contribution in [0.5, 0.6) is 0 Å². The lowest BCUT2D eigenvalue weighted by molar-refractivity contribution is 0.590. The van der Waals surface area contributed by atoms with E-state index >= 15 is 0 Å². The van der Waals surface area contributed by atoms with Gasteiger partial charge >= 0.3 is 0 Å². The summed E-state index contributed by atoms with van der Waals surface area (Å²) in [6, 6.07) is 19.7. The molecule has 2 atom stereocenters. The summed E-state index contributed by atoms with van der Waals surface area (Å²) >= 11 is 2.40. The third-order valence-electron chi connectivity index (χ3n) is 4.85. The second-order valence-electron chi connectivity index (χ2n) is 7.82. The Kier molecular flexibility index (Phi) is 5.38. The van der Waals surface area contributed by atoms with Gasteiger partial charge in [0.25, 0.3) is 0 Å². The second-order valence-corrected chi connectivity index (χ2v) is 8.79. The molecule has 2 aromatic carbocycles. The quantitative estimate of drug-likeness (QED) is 0.364. The van der Waals surface area contributed by atoms with Gasteiger partial charge < -0.3 is 0 Å². The van der Waals surface area contributed by atoms with Crippen molar-refractivity contribution in [3.63, 3.8) is 0 Å². The monoisotopic (exact) mass is 443 g/mol. The fourth-order valence-corrected chi connectivity index (χ4v) is 3.91. The second kappa shape index (κ2) is 7.36. The van der Waals surface area contributed by atoms with Gasteiger partial charge in [-0.1, -0.05) is 82.3 Å². The van der Waals surface area contributed by atoms with Gasteiger partial charge in [-0.3, -0.25) is 3.11 Å². The molecule has 0 heterocycles. The molecule has 0 amide bonds. The minimum Gasteiger partial charge on any atom is -0.283 e. The van der Waals surface area contributed by atoms with E-state index in [1.54, 1.807) is 0 Å². The summed E-state index contributed by atoms with van der Waals surface area (Å²) in [6.45, 7) is 9.05. The predicted octanol–water partition coefficient (Wildman–Crippen LogP) is 7.01. The van der Waals surface area contributed by atoms with Crippen LogP contribution in [0.1, 0.15) is 44.7 Å². The molecule has 25 heavy (non-hydrogen) atoms. The van der Waals surface area contributed by atoms with Crippen LogP contribution in [0.3, 0.4) is 0 Å². The van der Waals surface area contributed by atoms with Gasteiger partial charge in [0.2, 0.25) is 0 Å². The summed E-state index contributed by atoms with van der Waals surface area (Å²) < 4.78 is 2.25. The molecule has 130 valence electrons. The number of hydrogen-bond acceptors (Lipinski definition) is 1. The molecule has 0 N–H and O–H groups in total. The number of allylic oxidation sites excluding steroid dienone is 3. The molecule has 2 unspecified atom stereocenters. The number of anilines is 1. The lowest BCUT2D eigenvalue weighted by Gasteiger charge is -2.28. The van der Waals surface area contributed by atoms with E-state index < -0.39 is 0 Å². The highest BCUT2D eigenvalue weighted by Crippen LogP contribution is 2.35. The van der Waals surface area contributed by atoms with Crippen LogP contribution in [-0.2, 0) is 5.41 Å². The van der Waals surface area contributed by atoms with E-state index in [9.17, 15) is 0 Å². The Hall–Kier alpha value is -1.55. The van der Waals surface area contributed by atoms with Gasteiger partial charge in [-0.05, 0) is 40.7 Å². The van der Waals surface area contributed by atoms with E-state index in [0.29, 0.717) is 11.8 Å². The van der Waals surface area contributed by atoms with Crippen molar-refractivity contribution in [3.05, 3.63) is 89.6 Å². The van der Waals surface area contributed by atoms with Crippen LogP contribution in [0, 0.1) is 5.92 Å². The van der Waals surface area contributed by atoms with Crippen LogP contribution in [-0.4, -0.2) is 0 Å². The normalized spacial score (nSPS) is 20.3. The third kappa shape index (κ3) is 4.17. The van der Waals surface area contributed by atoms with Crippen molar-refractivity contribution in [3.8, 4) is 0 Å². The molecule has 0 bridgehead atoms. The van der Waals surface area contributed by atoms with E-state index in [1.807, 2.05) is 0 Å². The Morgan fingerprint density at radius 3 is 2.12 bits per heavy atom. The first-order valence-corrected chi connectivity index (χ1v) is 9.84. The molecule has 0 saturated carbocycles. The lowest BCUT2D eigenvalue weighted by Crippen LogP contribution is -2.16. The molecule has 2 heteroatoms. The highest BCUT2D eigenvalue weighted by Gasteiger charge is 2.21. The highest BCUT2D eigenvalue weighted by atomic mass is 127. The van der Waals surface area contributed by atoms with Crippen molar-refractivity contribution < 1.29 is 0 Å². The van der Waals surface area contributed by atoms with Crippen molar-refractivity contribution in [2.45, 2.75) is 39.0 Å². The first-order chi connectivity index (χ1) is 11.9. The Bertz CT molecular complexity index is 766. The average molecular weight is 443 g/mol. The Morgan fingerprint density at radius 1 is 0.920 bits per heavy atom. The zero-order valence-corrected chi connectivity index (χ0v) is 17.6. The molecule has 0 fully saturated rings. The molecule has 0 radical (unpaired) electrons. The van der Waals surface area contributed by atoms with Crippen LogP contribution in [0.4, 0.5) is 5.69 Å². The van der Waals surface area contributed by atoms with Gasteiger partial charge in [-0.15, -0.1) is 0 Å². The van der Waals surface area contributed by atoms with Crippen molar-refractivity contribution in [2.75, 3.05) is 3.11 Å². The molecular weight excluding hydrogens is 417 g/mol. The van der Waals surface area contributed by atoms with Crippen LogP contribution < -0.4 is 3.11 Å². The molecule has 1 aliphatic rings. The molecule has 1 aliphatic carbocycles. The van der Waals surface area contributed by atoms with Crippen molar-refractivity contribution in [2.24, 2.45) is 5.92 Å². The predicted molar refractivity (Wildman–Crippen MR) is 117 cm³/mol. The summed E-state index contributed by atoms with van der Waals surface area (Å²) in [4.78, 5) is 0. The molecule has 1 nitrogen and oxygen atoms in total. The summed E-state index contributed by atoms with van der Waals surface area (Å²) in [5, 5.41) is 0. The molecule has 3 rings (SSSR count). The van der Waals surface area contributed by atoms with Crippen LogP contribution in [0.25, 0.3) is 0 Å². The summed E-state index contributed by atoms with van der Waals surface area (Å²) in [5.74, 6) is 0.937. The number of halogens is 1. The highest BCUT2D eigenvalue weighted by molar-refractivity contribution is 14.1. The smallest absolute Gasteiger partial charge is 0.0646 e. The number of rotatable bonds is 3. The molecule has 2 aromatic rings. The molecular formula is C23H26IN. The zero-order chi connectivity index (χ0) is 18.0. The number of hydrogen-bond donors (Lipinski definition) is 0. The van der Waals surface area contributed by atoms with E-state index in [2.05, 4.69) is 126 Å². The average Bonchev–Trinajstić information content (AvgIpc) is 2.61. The Morgan fingerprint density at radius 2 is 1.56 bits per heavy atom. The van der Waals surface area contributed by atoms with Crippen LogP contribution >= 0.6 is 22.9 Å². The van der Waals surface area contributed by atoms with E-state index in [1.165, 1.54) is 22.5 Å². The van der Waals surface area contributed by atoms with Crippen molar-refractivity contribution >= 4 is 28.6 Å². The maximum absolute atomic E-state index is 2.40. The first kappa shape index (κ1) is 18.2. The van der Waals surface area contributed by atoms with Crippen molar-refractivity contribution in [1.82, 2.24) is 0 Å². The van der Waals surface area contributed by atoms with E-state index in [-0.39, 0.29) is 5.41 Å². The molecule has 0 spiro atoms. The number of nitrogens with zero attached hydrogens (tertiary/aromatic N) is 1. The molecule has 0 aliphatic heterocycles. The lowest BCUT2D eigenvalue weighted by atomic mass is 9.83. The van der Waals surface area contributed by atoms with Crippen molar-refractivity contribution in [1.29, 1.82) is 0 Å². The van der Waals surface area contributed by atoms with Gasteiger partial charge in [0.1, 0.15) is 0 Å². The molecule has 0 aromatic heterocycles. The fourth-order valence-electron chi connectivity index (χ4n) is 3.27. The minimum absolute atomic E-state index is 0.191. The third-order valence-corrected chi connectivity index (χ3v) is 5.96. The summed E-state index contributed by atoms with van der Waals surface area (Å²) in [5.41, 5.74) is 5.41. The van der Waals surface area contributed by atoms with Crippen LogP contribution in [0.2, 0.25) is 0 Å². The first-order valence-electron chi connectivity index (χ1n) is 8.88. The largest absolute Gasteiger partial charge is 0.283 e. The molecule has 0 saturated heterocycles. The maximum Gasteiger partial charge on any atom is 0.0646 e. The standard InChI is InChI=1S/C23H26IN/c1-17-16-21(14-15-22(17)18-8-6-5-7-9-18)25(24)20-12-10-19(11-13-20)23(2,3)4/h5-17,22H,1-4H3. The fraction of sp³-hybridized carbons (Fsp3) is 0.304. The topological polar surface area (TPSA) is 3.24 Å². The van der Waals surface area contributed by atoms with Gasteiger partial charge in [-0.2, -0.15) is 0 Å². The van der Waals surface area contributed by atoms with E-state index in [0.717, 1.165) is 0 Å². The maximum atomic E-state index is 2.40. The van der Waals surface area contributed by atoms with E-state index in [4.69, 9.17) is 0 Å². The van der Waals surface area contributed by atoms with Gasteiger partial charge in [0, 0.05) is 11.6 Å². The van der Waals surface area contributed by atoms with Gasteiger partial charge in [0.15, 0.2) is 0 Å². The van der Waals surface area contributed by atoms with Gasteiger partial charge in [0.05, 0.1) is 28.6 Å². The minimum atomic E-state index is 0.191. The zero-order valence-electron chi connectivity index (χ0n) is 15.4. The number of benzene rings is 2. The SMILES string of the molecule is CC1C=C(N(I)c2ccc(C(C)(C)C)cc2)C=CC1c1ccccc1. The van der Waals surface area contributed by atoms with Gasteiger partial charge in [-0.25, -0.2) is 0 Å².